The maximum Gasteiger partial charge on any atom is 1.00 e. The number of carboxylic acids is 1. The second-order valence-corrected chi connectivity index (χ2v) is 1.55. The van der Waals surface area contributed by atoms with Crippen LogP contribution in [0.5, 0.6) is 0 Å². The van der Waals surface area contributed by atoms with E-state index in [9.17, 15) is 14.7 Å². The van der Waals surface area contributed by atoms with Gasteiger partial charge in [0.25, 0.3) is 0 Å². The smallest absolute Gasteiger partial charge is 0.545 e. The summed E-state index contributed by atoms with van der Waals surface area (Å²) >= 11 is 0. The van der Waals surface area contributed by atoms with Crippen LogP contribution in [0.3, 0.4) is 0 Å². The van der Waals surface area contributed by atoms with Gasteiger partial charge in [-0.1, -0.05) is 6.58 Å². The second-order valence-electron chi connectivity index (χ2n) is 1.55. The first-order chi connectivity index (χ1) is 4.54. The van der Waals surface area contributed by atoms with E-state index in [0.717, 1.165) is 12.2 Å². The first-order valence-corrected chi connectivity index (χ1v) is 2.42. The summed E-state index contributed by atoms with van der Waals surface area (Å²) in [6.45, 7) is 3.07. The fourth-order valence-electron chi connectivity index (χ4n) is 0.251. The van der Waals surface area contributed by atoms with Crippen LogP contribution in [0.15, 0.2) is 24.3 Å². The molecule has 0 saturated carbocycles. The summed E-state index contributed by atoms with van der Waals surface area (Å²) in [7, 11) is 0. The monoisotopic (exact) mass is 179 g/mol. The summed E-state index contributed by atoms with van der Waals surface area (Å²) < 4.78 is 0. The van der Waals surface area contributed by atoms with E-state index >= 15 is 0 Å². The molecule has 0 atom stereocenters. The van der Waals surface area contributed by atoms with E-state index in [1.165, 1.54) is 0 Å². The van der Waals surface area contributed by atoms with E-state index in [0.29, 0.717) is 0 Å². The van der Waals surface area contributed by atoms with Crippen LogP contribution in [0.25, 0.3) is 0 Å². The molecular weight excluding hydrogens is 173 g/mol. The van der Waals surface area contributed by atoms with Gasteiger partial charge in [0.15, 0.2) is 0 Å². The molecule has 0 aromatic rings. The Morgan fingerprint density at radius 1 is 1.36 bits per heavy atom. The average molecular weight is 179 g/mol. The number of hydrogen-bond donors (Lipinski definition) is 1. The van der Waals surface area contributed by atoms with E-state index in [2.05, 4.69) is 12.3 Å². The summed E-state index contributed by atoms with van der Waals surface area (Å²) in [5, 5.41) is 9.90. The Morgan fingerprint density at radius 3 is 2.09 bits per heavy atom. The molecular formula is C6H6KNO3. The Bertz CT molecular complexity index is 210. The van der Waals surface area contributed by atoms with Crippen LogP contribution in [-0.2, 0) is 9.59 Å². The zero-order valence-corrected chi connectivity index (χ0v) is 9.29. The van der Waals surface area contributed by atoms with Gasteiger partial charge in [-0.3, -0.25) is 4.79 Å². The summed E-state index contributed by atoms with van der Waals surface area (Å²) in [5.74, 6) is -2.14. The summed E-state index contributed by atoms with van der Waals surface area (Å²) in [4.78, 5) is 19.9. The van der Waals surface area contributed by atoms with Crippen molar-refractivity contribution in [3.05, 3.63) is 24.3 Å². The predicted octanol–water partition coefficient (Wildman–Crippen LogP) is -4.66. The Labute approximate surface area is 107 Å². The minimum atomic E-state index is -1.42. The minimum absolute atomic E-state index is 0. The number of hydrogen-bond acceptors (Lipinski definition) is 3. The number of aliphatic carboxylic acids is 1. The number of carboxylic acid groups (broad SMARTS) is 1. The largest absolute Gasteiger partial charge is 1.00 e. The van der Waals surface area contributed by atoms with Crippen molar-refractivity contribution >= 4 is 11.9 Å². The summed E-state index contributed by atoms with van der Waals surface area (Å²) in [6, 6.07) is 0. The van der Waals surface area contributed by atoms with Crippen molar-refractivity contribution in [3.63, 3.8) is 0 Å². The molecule has 2 N–H and O–H groups in total. The van der Waals surface area contributed by atoms with E-state index in [-0.39, 0.29) is 57.0 Å². The number of carbonyl (C=O) groups excluding carboxylic acids is 2. The fraction of sp³-hybridized carbons (Fsp3) is 0. The van der Waals surface area contributed by atoms with Crippen molar-refractivity contribution in [1.82, 2.24) is 0 Å². The van der Waals surface area contributed by atoms with Gasteiger partial charge in [-0.2, -0.15) is 0 Å². The van der Waals surface area contributed by atoms with Gasteiger partial charge in [-0.15, -0.1) is 0 Å². The zero-order valence-electron chi connectivity index (χ0n) is 6.16. The molecule has 54 valence electrons. The molecule has 0 fully saturated rings. The van der Waals surface area contributed by atoms with E-state index in [4.69, 9.17) is 0 Å². The van der Waals surface area contributed by atoms with Crippen LogP contribution in [0.1, 0.15) is 0 Å². The van der Waals surface area contributed by atoms with E-state index in [1.54, 1.807) is 0 Å². The third-order valence-corrected chi connectivity index (χ3v) is 0.711. The molecule has 0 rings (SSSR count). The Hall–Kier alpha value is 0.0564. The molecule has 0 spiro atoms. The van der Waals surface area contributed by atoms with E-state index < -0.39 is 11.9 Å². The first kappa shape index (κ1) is 13.6. The third kappa shape index (κ3) is 7.96. The van der Waals surface area contributed by atoms with Crippen molar-refractivity contribution in [2.45, 2.75) is 0 Å². The molecule has 0 heterocycles. The maximum atomic E-state index is 10.0. The molecule has 0 aliphatic rings. The van der Waals surface area contributed by atoms with E-state index in [1.807, 2.05) is 0 Å². The second kappa shape index (κ2) is 6.75. The van der Waals surface area contributed by atoms with Gasteiger partial charge in [0.05, 0.1) is 5.97 Å². The summed E-state index contributed by atoms with van der Waals surface area (Å²) in [5.41, 5.74) is 4.38. The van der Waals surface area contributed by atoms with Crippen molar-refractivity contribution < 1.29 is 66.1 Å². The molecule has 0 saturated heterocycles. The molecule has 0 aromatic carbocycles. The molecule has 0 aromatic heterocycles. The van der Waals surface area contributed by atoms with Gasteiger partial charge in [0, 0.05) is 6.08 Å². The van der Waals surface area contributed by atoms with Gasteiger partial charge < -0.3 is 15.6 Å². The van der Waals surface area contributed by atoms with Crippen LogP contribution in [0.2, 0.25) is 0 Å². The zero-order chi connectivity index (χ0) is 8.15. The Morgan fingerprint density at radius 2 is 1.82 bits per heavy atom. The molecule has 5 heteroatoms. The van der Waals surface area contributed by atoms with Crippen molar-refractivity contribution in [3.8, 4) is 0 Å². The van der Waals surface area contributed by atoms with Crippen LogP contribution >= 0.6 is 0 Å². The molecule has 0 radical (unpaired) electrons. The van der Waals surface area contributed by atoms with Gasteiger partial charge in [-0.25, -0.2) is 0 Å². The molecule has 11 heavy (non-hydrogen) atoms. The topological polar surface area (TPSA) is 83.2 Å². The summed E-state index contributed by atoms with van der Waals surface area (Å²) in [6.07, 6.45) is 1.88. The first-order valence-electron chi connectivity index (χ1n) is 2.42. The normalized spacial score (nSPS) is 8.73. The molecule has 1 amide bonds. The molecule has 0 unspecified atom stereocenters. The fourth-order valence-corrected chi connectivity index (χ4v) is 0.251. The van der Waals surface area contributed by atoms with Gasteiger partial charge in [-0.05, 0) is 11.6 Å². The SMILES string of the molecule is C=C(C=CC(N)=O)C(=O)[O-].[K+]. The average Bonchev–Trinajstić information content (AvgIpc) is 1.82. The molecule has 0 aliphatic carbocycles. The third-order valence-electron chi connectivity index (χ3n) is 0.711. The minimum Gasteiger partial charge on any atom is -0.545 e. The van der Waals surface area contributed by atoms with Gasteiger partial charge in [0.1, 0.15) is 0 Å². The molecule has 4 nitrogen and oxygen atoms in total. The number of amides is 1. The Balaban J connectivity index is 0. The van der Waals surface area contributed by atoms with Crippen LogP contribution in [-0.4, -0.2) is 11.9 Å². The van der Waals surface area contributed by atoms with Crippen LogP contribution < -0.4 is 62.2 Å². The van der Waals surface area contributed by atoms with Gasteiger partial charge >= 0.3 is 51.4 Å². The maximum absolute atomic E-state index is 10.0. The number of carbonyl (C=O) groups is 2. The van der Waals surface area contributed by atoms with Gasteiger partial charge in [0.2, 0.25) is 5.91 Å². The van der Waals surface area contributed by atoms with Crippen molar-refractivity contribution in [2.75, 3.05) is 0 Å². The molecule has 0 aliphatic heterocycles. The number of nitrogens with two attached hydrogens (primary N) is 1. The standard InChI is InChI=1S/C6H7NO3.K/c1-4(6(9)10)2-3-5(7)8;/h2-3H,1H2,(H2,7,8)(H,9,10);/q;+1/p-1. The molecule has 0 bridgehead atoms. The van der Waals surface area contributed by atoms with Crippen molar-refractivity contribution in [2.24, 2.45) is 5.73 Å². The number of rotatable bonds is 3. The van der Waals surface area contributed by atoms with Crippen LogP contribution in [0, 0.1) is 0 Å². The number of primary amides is 1. The van der Waals surface area contributed by atoms with Crippen LogP contribution in [0.4, 0.5) is 0 Å². The predicted molar refractivity (Wildman–Crippen MR) is 32.5 cm³/mol. The Kier molecular flexibility index (Phi) is 8.36. The van der Waals surface area contributed by atoms with Crippen molar-refractivity contribution in [1.29, 1.82) is 0 Å². The quantitative estimate of drug-likeness (QED) is 0.268.